The van der Waals surface area contributed by atoms with Crippen LogP contribution >= 0.6 is 11.6 Å². The topological polar surface area (TPSA) is 17.1 Å². The Morgan fingerprint density at radius 2 is 2.00 bits per heavy atom. The first-order valence-electron chi connectivity index (χ1n) is 3.17. The standard InChI is InChI=1S/C7H11ClO/c1-4-6(5(2)9)7(4,3)8/h4,6H,1-3H3/t4-,6+,7+/m1/s1. The molecular formula is C7H11ClO. The number of carbonyl (C=O) groups excluding carboxylic acids is 1. The summed E-state index contributed by atoms with van der Waals surface area (Å²) in [4.78, 5) is 10.5. The Morgan fingerprint density at radius 1 is 1.67 bits per heavy atom. The molecule has 1 fully saturated rings. The van der Waals surface area contributed by atoms with Crippen LogP contribution in [0.4, 0.5) is 0 Å². The molecule has 0 aromatic carbocycles. The van der Waals surface area contributed by atoms with Crippen molar-refractivity contribution in [2.45, 2.75) is 25.6 Å². The normalized spacial score (nSPS) is 48.9. The second kappa shape index (κ2) is 1.72. The average molecular weight is 147 g/mol. The molecule has 1 aliphatic rings. The molecule has 0 aromatic rings. The van der Waals surface area contributed by atoms with Gasteiger partial charge in [0, 0.05) is 5.92 Å². The van der Waals surface area contributed by atoms with Gasteiger partial charge < -0.3 is 0 Å². The molecule has 0 aromatic heterocycles. The quantitative estimate of drug-likeness (QED) is 0.516. The molecule has 1 nitrogen and oxygen atoms in total. The zero-order valence-corrected chi connectivity index (χ0v) is 6.70. The fourth-order valence-electron chi connectivity index (χ4n) is 1.44. The molecule has 1 aliphatic carbocycles. The van der Waals surface area contributed by atoms with Crippen molar-refractivity contribution in [1.82, 2.24) is 0 Å². The molecule has 9 heavy (non-hydrogen) atoms. The highest BCUT2D eigenvalue weighted by molar-refractivity contribution is 6.28. The van der Waals surface area contributed by atoms with E-state index in [1.165, 1.54) is 0 Å². The summed E-state index contributed by atoms with van der Waals surface area (Å²) in [7, 11) is 0. The van der Waals surface area contributed by atoms with Gasteiger partial charge in [0.2, 0.25) is 0 Å². The third-order valence-corrected chi connectivity index (χ3v) is 2.91. The zero-order valence-electron chi connectivity index (χ0n) is 5.94. The number of Topliss-reactive ketones (excluding diaryl/α,β-unsaturated/α-hetero) is 1. The lowest BCUT2D eigenvalue weighted by atomic mass is 10.2. The molecule has 2 heteroatoms. The van der Waals surface area contributed by atoms with E-state index in [4.69, 9.17) is 11.6 Å². The van der Waals surface area contributed by atoms with Gasteiger partial charge in [-0.2, -0.15) is 0 Å². The Balaban J connectivity index is 2.62. The van der Waals surface area contributed by atoms with Crippen LogP contribution in [0.25, 0.3) is 0 Å². The molecule has 0 N–H and O–H groups in total. The Hall–Kier alpha value is -0.0400. The minimum atomic E-state index is -0.230. The van der Waals surface area contributed by atoms with Gasteiger partial charge in [-0.1, -0.05) is 6.92 Å². The number of hydrogen-bond acceptors (Lipinski definition) is 1. The fraction of sp³-hybridized carbons (Fsp3) is 0.857. The van der Waals surface area contributed by atoms with Gasteiger partial charge in [0.1, 0.15) is 5.78 Å². The molecule has 0 bridgehead atoms. The maximum absolute atomic E-state index is 10.7. The van der Waals surface area contributed by atoms with Crippen molar-refractivity contribution < 1.29 is 4.79 Å². The molecule has 52 valence electrons. The van der Waals surface area contributed by atoms with Gasteiger partial charge >= 0.3 is 0 Å². The summed E-state index contributed by atoms with van der Waals surface area (Å²) in [5, 5.41) is 0. The van der Waals surface area contributed by atoms with Gasteiger partial charge in [-0.3, -0.25) is 4.79 Å². The minimum Gasteiger partial charge on any atom is -0.300 e. The highest BCUT2D eigenvalue weighted by Crippen LogP contribution is 2.55. The first-order chi connectivity index (χ1) is 3.98. The van der Waals surface area contributed by atoms with Crippen molar-refractivity contribution in [2.24, 2.45) is 11.8 Å². The zero-order chi connectivity index (χ0) is 7.23. The fourth-order valence-corrected chi connectivity index (χ4v) is 1.84. The Labute approximate surface area is 60.4 Å². The summed E-state index contributed by atoms with van der Waals surface area (Å²) < 4.78 is 0. The molecule has 0 aliphatic heterocycles. The van der Waals surface area contributed by atoms with Crippen molar-refractivity contribution in [3.63, 3.8) is 0 Å². The SMILES string of the molecule is CC(=O)[C@@H]1[C@@H](C)[C@]1(C)Cl. The molecule has 3 atom stereocenters. The molecule has 0 amide bonds. The van der Waals surface area contributed by atoms with E-state index in [1.54, 1.807) is 6.92 Å². The summed E-state index contributed by atoms with van der Waals surface area (Å²) in [6.07, 6.45) is 0. The molecule has 0 unspecified atom stereocenters. The van der Waals surface area contributed by atoms with Crippen molar-refractivity contribution >= 4 is 17.4 Å². The van der Waals surface area contributed by atoms with Crippen LogP contribution in [0.3, 0.4) is 0 Å². The smallest absolute Gasteiger partial charge is 0.134 e. The van der Waals surface area contributed by atoms with Crippen LogP contribution in [-0.2, 0) is 4.79 Å². The number of ketones is 1. The molecule has 0 heterocycles. The van der Waals surface area contributed by atoms with Crippen LogP contribution in [-0.4, -0.2) is 10.7 Å². The van der Waals surface area contributed by atoms with Crippen LogP contribution in [0.5, 0.6) is 0 Å². The van der Waals surface area contributed by atoms with Gasteiger partial charge in [0.25, 0.3) is 0 Å². The Bertz CT molecular complexity index is 151. The van der Waals surface area contributed by atoms with E-state index in [-0.39, 0.29) is 16.6 Å². The maximum Gasteiger partial charge on any atom is 0.134 e. The lowest BCUT2D eigenvalue weighted by Crippen LogP contribution is -2.02. The van der Waals surface area contributed by atoms with E-state index in [1.807, 2.05) is 13.8 Å². The predicted molar refractivity (Wildman–Crippen MR) is 37.6 cm³/mol. The number of rotatable bonds is 1. The Morgan fingerprint density at radius 3 is 2.00 bits per heavy atom. The highest BCUT2D eigenvalue weighted by Gasteiger charge is 2.59. The van der Waals surface area contributed by atoms with E-state index in [2.05, 4.69) is 0 Å². The number of carbonyl (C=O) groups is 1. The van der Waals surface area contributed by atoms with Crippen molar-refractivity contribution in [3.05, 3.63) is 0 Å². The Kier molecular flexibility index (Phi) is 1.35. The van der Waals surface area contributed by atoms with Crippen molar-refractivity contribution in [3.8, 4) is 0 Å². The second-order valence-corrected chi connectivity index (χ2v) is 3.84. The molecular weight excluding hydrogens is 136 g/mol. The minimum absolute atomic E-state index is 0.110. The van der Waals surface area contributed by atoms with Crippen molar-refractivity contribution in [2.75, 3.05) is 0 Å². The lowest BCUT2D eigenvalue weighted by molar-refractivity contribution is -0.118. The van der Waals surface area contributed by atoms with E-state index in [0.29, 0.717) is 5.92 Å². The highest BCUT2D eigenvalue weighted by atomic mass is 35.5. The van der Waals surface area contributed by atoms with Crippen LogP contribution in [0.1, 0.15) is 20.8 Å². The van der Waals surface area contributed by atoms with Crippen LogP contribution < -0.4 is 0 Å². The monoisotopic (exact) mass is 146 g/mol. The number of alkyl halides is 1. The third-order valence-electron chi connectivity index (χ3n) is 2.33. The summed E-state index contributed by atoms with van der Waals surface area (Å²) >= 11 is 5.93. The maximum atomic E-state index is 10.7. The van der Waals surface area contributed by atoms with Crippen molar-refractivity contribution in [1.29, 1.82) is 0 Å². The molecule has 1 rings (SSSR count). The summed E-state index contributed by atoms with van der Waals surface area (Å²) in [6, 6.07) is 0. The lowest BCUT2D eigenvalue weighted by Gasteiger charge is -1.93. The first kappa shape index (κ1) is 7.07. The molecule has 0 radical (unpaired) electrons. The first-order valence-corrected chi connectivity index (χ1v) is 3.55. The van der Waals surface area contributed by atoms with Crippen LogP contribution in [0, 0.1) is 11.8 Å². The van der Waals surface area contributed by atoms with Gasteiger partial charge in [-0.15, -0.1) is 11.6 Å². The van der Waals surface area contributed by atoms with E-state index >= 15 is 0 Å². The van der Waals surface area contributed by atoms with E-state index < -0.39 is 0 Å². The largest absolute Gasteiger partial charge is 0.300 e. The molecule has 0 saturated heterocycles. The second-order valence-electron chi connectivity index (χ2n) is 3.03. The average Bonchev–Trinajstić information content (AvgIpc) is 2.07. The van der Waals surface area contributed by atoms with E-state index in [9.17, 15) is 4.79 Å². The number of hydrogen-bond donors (Lipinski definition) is 0. The summed E-state index contributed by atoms with van der Waals surface area (Å²) in [5.41, 5.74) is 0. The molecule has 1 saturated carbocycles. The van der Waals surface area contributed by atoms with Gasteiger partial charge in [0.05, 0.1) is 4.87 Å². The number of halogens is 1. The van der Waals surface area contributed by atoms with Gasteiger partial charge in [-0.05, 0) is 19.8 Å². The van der Waals surface area contributed by atoms with Gasteiger partial charge in [-0.25, -0.2) is 0 Å². The van der Waals surface area contributed by atoms with Crippen LogP contribution in [0.2, 0.25) is 0 Å². The summed E-state index contributed by atoms with van der Waals surface area (Å²) in [5.74, 6) is 0.704. The van der Waals surface area contributed by atoms with Gasteiger partial charge in [0.15, 0.2) is 0 Å². The molecule has 0 spiro atoms. The third kappa shape index (κ3) is 0.877. The predicted octanol–water partition coefficient (Wildman–Crippen LogP) is 1.84. The van der Waals surface area contributed by atoms with Crippen LogP contribution in [0.15, 0.2) is 0 Å². The summed E-state index contributed by atoms with van der Waals surface area (Å²) in [6.45, 7) is 5.54. The van der Waals surface area contributed by atoms with E-state index in [0.717, 1.165) is 0 Å².